The quantitative estimate of drug-likeness (QED) is 0.493. The smallest absolute Gasteiger partial charge is 0.226 e. The average Bonchev–Trinajstić information content (AvgIpc) is 3.39. The zero-order valence-electron chi connectivity index (χ0n) is 13.7. The van der Waals surface area contributed by atoms with Crippen molar-refractivity contribution in [3.8, 4) is 22.6 Å². The molecular formula is C20H16N4O. The number of hydrogen-bond acceptors (Lipinski definition) is 3. The SMILES string of the molecule is CCc1cnc(-c2cc(-c3cccc4[nH]ccc34)cc3[nH]ncc23)o1. The highest BCUT2D eigenvalue weighted by Gasteiger charge is 2.15. The van der Waals surface area contributed by atoms with Crippen molar-refractivity contribution in [2.75, 3.05) is 0 Å². The van der Waals surface area contributed by atoms with Gasteiger partial charge in [0.25, 0.3) is 0 Å². The van der Waals surface area contributed by atoms with E-state index < -0.39 is 0 Å². The molecule has 0 saturated carbocycles. The lowest BCUT2D eigenvalue weighted by molar-refractivity contribution is 0.525. The third-order valence-corrected chi connectivity index (χ3v) is 4.60. The Balaban J connectivity index is 1.79. The Kier molecular flexibility index (Phi) is 3.00. The number of oxazole rings is 1. The molecule has 0 fully saturated rings. The molecule has 0 aliphatic rings. The number of aryl methyl sites for hydroxylation is 1. The number of aromatic nitrogens is 4. The van der Waals surface area contributed by atoms with Gasteiger partial charge in [0.2, 0.25) is 5.89 Å². The van der Waals surface area contributed by atoms with E-state index in [1.54, 1.807) is 6.20 Å². The van der Waals surface area contributed by atoms with Crippen LogP contribution < -0.4 is 0 Å². The largest absolute Gasteiger partial charge is 0.441 e. The van der Waals surface area contributed by atoms with Crippen molar-refractivity contribution in [1.82, 2.24) is 20.2 Å². The topological polar surface area (TPSA) is 70.5 Å². The maximum Gasteiger partial charge on any atom is 0.226 e. The first kappa shape index (κ1) is 14.0. The summed E-state index contributed by atoms with van der Waals surface area (Å²) in [6, 6.07) is 12.6. The van der Waals surface area contributed by atoms with Gasteiger partial charge in [-0.05, 0) is 35.4 Å². The summed E-state index contributed by atoms with van der Waals surface area (Å²) in [5, 5.41) is 9.47. The van der Waals surface area contributed by atoms with Gasteiger partial charge in [-0.15, -0.1) is 0 Å². The van der Waals surface area contributed by atoms with Crippen molar-refractivity contribution >= 4 is 21.8 Å². The summed E-state index contributed by atoms with van der Waals surface area (Å²) in [5.74, 6) is 1.51. The maximum absolute atomic E-state index is 5.90. The fourth-order valence-corrected chi connectivity index (χ4v) is 3.32. The number of hydrogen-bond donors (Lipinski definition) is 2. The molecule has 0 unspecified atom stereocenters. The zero-order chi connectivity index (χ0) is 16.8. The van der Waals surface area contributed by atoms with Gasteiger partial charge >= 0.3 is 0 Å². The molecule has 0 aliphatic carbocycles. The van der Waals surface area contributed by atoms with Gasteiger partial charge in [-0.2, -0.15) is 5.10 Å². The van der Waals surface area contributed by atoms with Crippen LogP contribution >= 0.6 is 0 Å². The number of rotatable bonds is 3. The standard InChI is InChI=1S/C20H16N4O/c1-2-13-10-22-20(25-13)16-8-12(9-19-17(16)11-23-24-19)14-4-3-5-18-15(14)6-7-21-18/h3-11,21H,2H2,1H3,(H,23,24). The molecule has 5 nitrogen and oxygen atoms in total. The van der Waals surface area contributed by atoms with E-state index >= 15 is 0 Å². The van der Waals surface area contributed by atoms with Gasteiger partial charge in [-0.3, -0.25) is 5.10 Å². The molecule has 25 heavy (non-hydrogen) atoms. The van der Waals surface area contributed by atoms with Gasteiger partial charge in [0.1, 0.15) is 5.76 Å². The van der Waals surface area contributed by atoms with Crippen LogP contribution in [-0.4, -0.2) is 20.2 Å². The highest BCUT2D eigenvalue weighted by Crippen LogP contribution is 2.35. The van der Waals surface area contributed by atoms with Crippen molar-refractivity contribution in [3.63, 3.8) is 0 Å². The zero-order valence-corrected chi connectivity index (χ0v) is 13.7. The molecule has 5 aromatic rings. The second-order valence-corrected chi connectivity index (χ2v) is 6.08. The first-order valence-corrected chi connectivity index (χ1v) is 8.32. The third-order valence-electron chi connectivity index (χ3n) is 4.60. The highest BCUT2D eigenvalue weighted by atomic mass is 16.4. The minimum absolute atomic E-state index is 0.631. The first-order valence-electron chi connectivity index (χ1n) is 8.32. The van der Waals surface area contributed by atoms with Gasteiger partial charge in [-0.1, -0.05) is 19.1 Å². The Morgan fingerprint density at radius 1 is 1.00 bits per heavy atom. The predicted molar refractivity (Wildman–Crippen MR) is 98.3 cm³/mol. The van der Waals surface area contributed by atoms with Crippen LogP contribution in [0.1, 0.15) is 12.7 Å². The molecule has 3 heterocycles. The fourth-order valence-electron chi connectivity index (χ4n) is 3.32. The van der Waals surface area contributed by atoms with E-state index in [9.17, 15) is 0 Å². The summed E-state index contributed by atoms with van der Waals surface area (Å²) in [6.45, 7) is 2.06. The number of benzene rings is 2. The molecule has 0 atom stereocenters. The van der Waals surface area contributed by atoms with Crippen molar-refractivity contribution in [2.24, 2.45) is 0 Å². The second kappa shape index (κ2) is 5.34. The van der Waals surface area contributed by atoms with E-state index in [0.29, 0.717) is 5.89 Å². The maximum atomic E-state index is 5.90. The van der Waals surface area contributed by atoms with Crippen molar-refractivity contribution in [3.05, 3.63) is 60.7 Å². The van der Waals surface area contributed by atoms with Crippen LogP contribution in [0.2, 0.25) is 0 Å². The molecule has 0 radical (unpaired) electrons. The monoisotopic (exact) mass is 328 g/mol. The average molecular weight is 328 g/mol. The van der Waals surface area contributed by atoms with Crippen LogP contribution in [0.5, 0.6) is 0 Å². The lowest BCUT2D eigenvalue weighted by atomic mass is 9.98. The molecule has 0 saturated heterocycles. The van der Waals surface area contributed by atoms with Gasteiger partial charge in [0.15, 0.2) is 0 Å². The summed E-state index contributed by atoms with van der Waals surface area (Å²) in [6.07, 6.45) is 6.40. The molecule has 5 heteroatoms. The Morgan fingerprint density at radius 3 is 2.84 bits per heavy atom. The van der Waals surface area contributed by atoms with Crippen molar-refractivity contribution in [2.45, 2.75) is 13.3 Å². The van der Waals surface area contributed by atoms with Crippen LogP contribution in [0, 0.1) is 0 Å². The summed E-state index contributed by atoms with van der Waals surface area (Å²) in [5.41, 5.74) is 5.31. The number of nitrogens with one attached hydrogen (secondary N) is 2. The minimum Gasteiger partial charge on any atom is -0.441 e. The molecule has 2 aromatic carbocycles. The predicted octanol–water partition coefficient (Wildman–Crippen LogP) is 4.93. The van der Waals surface area contributed by atoms with Crippen LogP contribution in [0.25, 0.3) is 44.4 Å². The van der Waals surface area contributed by atoms with Gasteiger partial charge < -0.3 is 9.40 Å². The molecule has 0 aliphatic heterocycles. The fraction of sp³-hybridized carbons (Fsp3) is 0.100. The Hall–Kier alpha value is -3.34. The molecule has 5 rings (SSSR count). The van der Waals surface area contributed by atoms with Crippen molar-refractivity contribution < 1.29 is 4.42 Å². The molecule has 122 valence electrons. The van der Waals surface area contributed by atoms with E-state index in [-0.39, 0.29) is 0 Å². The number of nitrogens with zero attached hydrogens (tertiary/aromatic N) is 2. The van der Waals surface area contributed by atoms with Crippen LogP contribution in [0.4, 0.5) is 0 Å². The lowest BCUT2D eigenvalue weighted by Crippen LogP contribution is -1.85. The van der Waals surface area contributed by atoms with E-state index in [0.717, 1.165) is 39.7 Å². The summed E-state index contributed by atoms with van der Waals surface area (Å²) in [4.78, 5) is 7.73. The van der Waals surface area contributed by atoms with E-state index in [1.807, 2.05) is 12.4 Å². The normalized spacial score (nSPS) is 11.6. The first-order chi connectivity index (χ1) is 12.3. The molecular weight excluding hydrogens is 312 g/mol. The molecule has 0 bridgehead atoms. The van der Waals surface area contributed by atoms with E-state index in [1.165, 1.54) is 10.9 Å². The van der Waals surface area contributed by atoms with Gasteiger partial charge in [0, 0.05) is 34.5 Å². The highest BCUT2D eigenvalue weighted by molar-refractivity contribution is 6.01. The lowest BCUT2D eigenvalue weighted by Gasteiger charge is -2.07. The number of aromatic amines is 2. The summed E-state index contributed by atoms with van der Waals surface area (Å²) in [7, 11) is 0. The number of H-pyrrole nitrogens is 2. The molecule has 2 N–H and O–H groups in total. The van der Waals surface area contributed by atoms with E-state index in [4.69, 9.17) is 4.42 Å². The van der Waals surface area contributed by atoms with E-state index in [2.05, 4.69) is 63.5 Å². The van der Waals surface area contributed by atoms with Gasteiger partial charge in [-0.25, -0.2) is 4.98 Å². The van der Waals surface area contributed by atoms with Crippen LogP contribution in [0.15, 0.2) is 59.4 Å². The Morgan fingerprint density at radius 2 is 1.96 bits per heavy atom. The van der Waals surface area contributed by atoms with Crippen LogP contribution in [0.3, 0.4) is 0 Å². The molecule has 3 aromatic heterocycles. The van der Waals surface area contributed by atoms with Crippen molar-refractivity contribution in [1.29, 1.82) is 0 Å². The minimum atomic E-state index is 0.631. The van der Waals surface area contributed by atoms with Crippen LogP contribution in [-0.2, 0) is 6.42 Å². The summed E-state index contributed by atoms with van der Waals surface area (Å²) >= 11 is 0. The third kappa shape index (κ3) is 2.16. The second-order valence-electron chi connectivity index (χ2n) is 6.08. The molecule has 0 amide bonds. The number of fused-ring (bicyclic) bond motifs is 2. The Bertz CT molecular complexity index is 1190. The Labute approximate surface area is 143 Å². The molecule has 0 spiro atoms. The van der Waals surface area contributed by atoms with Gasteiger partial charge in [0.05, 0.1) is 17.9 Å². The summed E-state index contributed by atoms with van der Waals surface area (Å²) < 4.78 is 5.90.